The summed E-state index contributed by atoms with van der Waals surface area (Å²) in [6, 6.07) is 11.1. The van der Waals surface area contributed by atoms with Crippen LogP contribution >= 0.6 is 11.3 Å². The van der Waals surface area contributed by atoms with Crippen LogP contribution in [0.15, 0.2) is 41.8 Å². The summed E-state index contributed by atoms with van der Waals surface area (Å²) >= 11 is 1.66. The fourth-order valence-corrected chi connectivity index (χ4v) is 2.46. The van der Waals surface area contributed by atoms with E-state index in [1.54, 1.807) is 35.6 Å². The molecule has 5 heteroatoms. The molecule has 0 aliphatic heterocycles. The standard InChI is InChI=1S/C15H16N2O2S/c1-11(18)16-12-4-6-13(7-5-12)17-15(19)9-8-14-3-2-10-20-14/h2-7,10H,8-9H2,1H3,(H,16,18)(H,17,19). The predicted molar refractivity (Wildman–Crippen MR) is 82.0 cm³/mol. The third-order valence-electron chi connectivity index (χ3n) is 2.67. The van der Waals surface area contributed by atoms with Gasteiger partial charge in [-0.2, -0.15) is 0 Å². The number of aryl methyl sites for hydroxylation is 1. The van der Waals surface area contributed by atoms with Crippen molar-refractivity contribution in [2.24, 2.45) is 0 Å². The summed E-state index contributed by atoms with van der Waals surface area (Å²) in [5.41, 5.74) is 1.45. The van der Waals surface area contributed by atoms with Crippen LogP contribution in [0.4, 0.5) is 11.4 Å². The van der Waals surface area contributed by atoms with Crippen LogP contribution in [0, 0.1) is 0 Å². The number of benzene rings is 1. The van der Waals surface area contributed by atoms with E-state index >= 15 is 0 Å². The lowest BCUT2D eigenvalue weighted by Crippen LogP contribution is -2.12. The highest BCUT2D eigenvalue weighted by atomic mass is 32.1. The number of anilines is 2. The number of hydrogen-bond donors (Lipinski definition) is 2. The van der Waals surface area contributed by atoms with Crippen molar-refractivity contribution in [1.29, 1.82) is 0 Å². The second-order valence-corrected chi connectivity index (χ2v) is 5.42. The lowest BCUT2D eigenvalue weighted by atomic mass is 10.2. The van der Waals surface area contributed by atoms with Crippen molar-refractivity contribution >= 4 is 34.5 Å². The minimum Gasteiger partial charge on any atom is -0.326 e. The largest absolute Gasteiger partial charge is 0.326 e. The minimum atomic E-state index is -0.113. The molecule has 4 nitrogen and oxygen atoms in total. The molecule has 0 saturated carbocycles. The maximum absolute atomic E-state index is 11.8. The fraction of sp³-hybridized carbons (Fsp3) is 0.200. The van der Waals surface area contributed by atoms with Crippen LogP contribution in [0.3, 0.4) is 0 Å². The van der Waals surface area contributed by atoms with Gasteiger partial charge >= 0.3 is 0 Å². The Morgan fingerprint density at radius 3 is 2.25 bits per heavy atom. The second kappa shape index (κ2) is 6.86. The Balaban J connectivity index is 1.83. The van der Waals surface area contributed by atoms with Gasteiger partial charge in [-0.25, -0.2) is 0 Å². The molecular formula is C15H16N2O2S. The number of hydrogen-bond acceptors (Lipinski definition) is 3. The zero-order valence-corrected chi connectivity index (χ0v) is 12.0. The molecule has 0 bridgehead atoms. The number of carbonyl (C=O) groups excluding carboxylic acids is 2. The molecule has 0 radical (unpaired) electrons. The molecule has 2 amide bonds. The highest BCUT2D eigenvalue weighted by Gasteiger charge is 2.04. The van der Waals surface area contributed by atoms with Gasteiger partial charge in [0, 0.05) is 29.6 Å². The maximum atomic E-state index is 11.8. The molecule has 0 unspecified atom stereocenters. The first-order valence-corrected chi connectivity index (χ1v) is 7.21. The summed E-state index contributed by atoms with van der Waals surface area (Å²) in [6.07, 6.45) is 1.22. The molecule has 0 aliphatic rings. The van der Waals surface area contributed by atoms with E-state index in [1.807, 2.05) is 17.5 Å². The van der Waals surface area contributed by atoms with E-state index in [0.29, 0.717) is 12.1 Å². The average Bonchev–Trinajstić information content (AvgIpc) is 2.91. The summed E-state index contributed by atoms with van der Waals surface area (Å²) in [6.45, 7) is 1.46. The van der Waals surface area contributed by atoms with Crippen molar-refractivity contribution in [3.05, 3.63) is 46.7 Å². The van der Waals surface area contributed by atoms with Crippen LogP contribution in [0.25, 0.3) is 0 Å². The van der Waals surface area contributed by atoms with Crippen LogP contribution < -0.4 is 10.6 Å². The second-order valence-electron chi connectivity index (χ2n) is 4.39. The van der Waals surface area contributed by atoms with Crippen molar-refractivity contribution in [3.63, 3.8) is 0 Å². The molecule has 0 spiro atoms. The van der Waals surface area contributed by atoms with E-state index < -0.39 is 0 Å². The molecular weight excluding hydrogens is 272 g/mol. The summed E-state index contributed by atoms with van der Waals surface area (Å²) < 4.78 is 0. The molecule has 2 aromatic rings. The van der Waals surface area contributed by atoms with E-state index in [-0.39, 0.29) is 11.8 Å². The lowest BCUT2D eigenvalue weighted by molar-refractivity contribution is -0.116. The zero-order chi connectivity index (χ0) is 14.4. The van der Waals surface area contributed by atoms with Crippen LogP contribution in [-0.2, 0) is 16.0 Å². The molecule has 0 atom stereocenters. The zero-order valence-electron chi connectivity index (χ0n) is 11.2. The Labute approximate surface area is 121 Å². The summed E-state index contributed by atoms with van der Waals surface area (Å²) in [5, 5.41) is 7.52. The first-order chi connectivity index (χ1) is 9.63. The number of carbonyl (C=O) groups is 2. The number of nitrogens with one attached hydrogen (secondary N) is 2. The van der Waals surface area contributed by atoms with Crippen LogP contribution in [0.5, 0.6) is 0 Å². The fourth-order valence-electron chi connectivity index (χ4n) is 1.76. The normalized spacial score (nSPS) is 10.1. The molecule has 0 aliphatic carbocycles. The van der Waals surface area contributed by atoms with Crippen molar-refractivity contribution < 1.29 is 9.59 Å². The van der Waals surface area contributed by atoms with Gasteiger partial charge in [-0.3, -0.25) is 9.59 Å². The van der Waals surface area contributed by atoms with Gasteiger partial charge in [-0.1, -0.05) is 6.07 Å². The summed E-state index contributed by atoms with van der Waals surface area (Å²) in [7, 11) is 0. The van der Waals surface area contributed by atoms with E-state index in [4.69, 9.17) is 0 Å². The van der Waals surface area contributed by atoms with Gasteiger partial charge in [-0.15, -0.1) is 11.3 Å². The Morgan fingerprint density at radius 2 is 1.70 bits per heavy atom. The minimum absolute atomic E-state index is 0.00863. The van der Waals surface area contributed by atoms with Gasteiger partial charge in [0.25, 0.3) is 0 Å². The van der Waals surface area contributed by atoms with Crippen molar-refractivity contribution in [1.82, 2.24) is 0 Å². The van der Waals surface area contributed by atoms with Gasteiger partial charge < -0.3 is 10.6 Å². The quantitative estimate of drug-likeness (QED) is 0.887. The first kappa shape index (κ1) is 14.3. The molecule has 104 valence electrons. The van der Waals surface area contributed by atoms with Gasteiger partial charge in [0.2, 0.25) is 11.8 Å². The third kappa shape index (κ3) is 4.51. The Bertz CT molecular complexity index is 576. The molecule has 2 N–H and O–H groups in total. The molecule has 1 aromatic heterocycles. The predicted octanol–water partition coefficient (Wildman–Crippen LogP) is 3.28. The molecule has 0 saturated heterocycles. The number of thiophene rings is 1. The van der Waals surface area contributed by atoms with E-state index in [1.165, 1.54) is 11.8 Å². The van der Waals surface area contributed by atoms with Crippen molar-refractivity contribution in [2.75, 3.05) is 10.6 Å². The highest BCUT2D eigenvalue weighted by Crippen LogP contribution is 2.15. The Hall–Kier alpha value is -2.14. The van der Waals surface area contributed by atoms with E-state index in [9.17, 15) is 9.59 Å². The molecule has 20 heavy (non-hydrogen) atoms. The van der Waals surface area contributed by atoms with Crippen LogP contribution in [0.1, 0.15) is 18.2 Å². The van der Waals surface area contributed by atoms with E-state index in [2.05, 4.69) is 10.6 Å². The third-order valence-corrected chi connectivity index (χ3v) is 3.60. The Morgan fingerprint density at radius 1 is 1.05 bits per heavy atom. The molecule has 0 fully saturated rings. The first-order valence-electron chi connectivity index (χ1n) is 6.33. The summed E-state index contributed by atoms with van der Waals surface area (Å²) in [5.74, 6) is -0.122. The lowest BCUT2D eigenvalue weighted by Gasteiger charge is -2.06. The van der Waals surface area contributed by atoms with Gasteiger partial charge in [0.15, 0.2) is 0 Å². The van der Waals surface area contributed by atoms with Crippen molar-refractivity contribution in [2.45, 2.75) is 19.8 Å². The highest BCUT2D eigenvalue weighted by molar-refractivity contribution is 7.09. The number of rotatable bonds is 5. The summed E-state index contributed by atoms with van der Waals surface area (Å²) in [4.78, 5) is 23.9. The maximum Gasteiger partial charge on any atom is 0.224 e. The molecule has 1 aromatic carbocycles. The van der Waals surface area contributed by atoms with E-state index in [0.717, 1.165) is 12.1 Å². The monoisotopic (exact) mass is 288 g/mol. The topological polar surface area (TPSA) is 58.2 Å². The van der Waals surface area contributed by atoms with Gasteiger partial charge in [0.05, 0.1) is 0 Å². The van der Waals surface area contributed by atoms with Crippen LogP contribution in [-0.4, -0.2) is 11.8 Å². The smallest absolute Gasteiger partial charge is 0.224 e. The number of amides is 2. The van der Waals surface area contributed by atoms with Crippen LogP contribution in [0.2, 0.25) is 0 Å². The Kier molecular flexibility index (Phi) is 4.90. The van der Waals surface area contributed by atoms with Gasteiger partial charge in [0.1, 0.15) is 0 Å². The van der Waals surface area contributed by atoms with Crippen molar-refractivity contribution in [3.8, 4) is 0 Å². The molecule has 1 heterocycles. The van der Waals surface area contributed by atoms with Gasteiger partial charge in [-0.05, 0) is 42.1 Å². The SMILES string of the molecule is CC(=O)Nc1ccc(NC(=O)CCc2cccs2)cc1. The molecule has 2 rings (SSSR count). The average molecular weight is 288 g/mol.